The van der Waals surface area contributed by atoms with E-state index in [1.54, 1.807) is 0 Å². The van der Waals surface area contributed by atoms with Gasteiger partial charge in [0, 0.05) is 13.2 Å². The summed E-state index contributed by atoms with van der Waals surface area (Å²) < 4.78 is 36.7. The summed E-state index contributed by atoms with van der Waals surface area (Å²) in [6.45, 7) is 4.02. The van der Waals surface area contributed by atoms with Gasteiger partial charge in [0.05, 0.1) is 6.61 Å². The van der Waals surface area contributed by atoms with Crippen LogP contribution < -0.4 is 4.74 Å². The third-order valence-corrected chi connectivity index (χ3v) is 2.75. The Morgan fingerprint density at radius 2 is 1.63 bits per heavy atom. The van der Waals surface area contributed by atoms with E-state index < -0.39 is 11.6 Å². The molecular weight excluding hydrogens is 250 g/mol. The Balaban J connectivity index is 2.03. The first-order chi connectivity index (χ1) is 9.25. The number of benzene rings is 1. The van der Waals surface area contributed by atoms with Gasteiger partial charge in [-0.05, 0) is 31.4 Å². The minimum Gasteiger partial charge on any atom is -0.490 e. The topological polar surface area (TPSA) is 18.5 Å². The fourth-order valence-electron chi connectivity index (χ4n) is 1.64. The van der Waals surface area contributed by atoms with Gasteiger partial charge >= 0.3 is 0 Å². The summed E-state index contributed by atoms with van der Waals surface area (Å²) in [5, 5.41) is 0. The molecule has 108 valence electrons. The lowest BCUT2D eigenvalue weighted by molar-refractivity contribution is 0.122. The molecule has 0 unspecified atom stereocenters. The summed E-state index contributed by atoms with van der Waals surface area (Å²) in [4.78, 5) is 0. The molecule has 1 aromatic rings. The lowest BCUT2D eigenvalue weighted by Crippen LogP contribution is -2.03. The molecule has 0 amide bonds. The van der Waals surface area contributed by atoms with Crippen molar-refractivity contribution in [3.8, 4) is 5.75 Å². The number of ether oxygens (including phenoxy) is 2. The average Bonchev–Trinajstić information content (AvgIpc) is 2.41. The molecule has 1 aromatic carbocycles. The van der Waals surface area contributed by atoms with E-state index in [1.165, 1.54) is 25.0 Å². The first-order valence-corrected chi connectivity index (χ1v) is 6.90. The lowest BCUT2D eigenvalue weighted by atomic mass is 10.3. The number of halogens is 2. The van der Waals surface area contributed by atoms with Gasteiger partial charge in [0.1, 0.15) is 0 Å². The highest BCUT2D eigenvalue weighted by Gasteiger charge is 2.07. The van der Waals surface area contributed by atoms with E-state index in [2.05, 4.69) is 6.92 Å². The van der Waals surface area contributed by atoms with Crippen LogP contribution >= 0.6 is 0 Å². The zero-order valence-corrected chi connectivity index (χ0v) is 11.5. The van der Waals surface area contributed by atoms with Crippen molar-refractivity contribution in [2.75, 3.05) is 19.8 Å². The third kappa shape index (κ3) is 6.53. The number of hydrogen-bond acceptors (Lipinski definition) is 2. The van der Waals surface area contributed by atoms with Crippen molar-refractivity contribution in [3.05, 3.63) is 29.8 Å². The van der Waals surface area contributed by atoms with Gasteiger partial charge in [0.2, 0.25) is 5.82 Å². The fourth-order valence-corrected chi connectivity index (χ4v) is 1.64. The van der Waals surface area contributed by atoms with E-state index in [4.69, 9.17) is 9.47 Å². The van der Waals surface area contributed by atoms with Crippen LogP contribution in [0.4, 0.5) is 8.78 Å². The summed E-state index contributed by atoms with van der Waals surface area (Å²) in [5.74, 6) is -1.82. The molecule has 0 saturated heterocycles. The summed E-state index contributed by atoms with van der Waals surface area (Å²) in [5.41, 5.74) is 0. The standard InChI is InChI=1S/C15H22F2O2/c1-2-3-4-10-18-11-5-6-12-19-14-9-7-8-13(16)15(14)17/h7-9H,2-6,10-12H2,1H3. The second kappa shape index (κ2) is 9.73. The summed E-state index contributed by atoms with van der Waals surface area (Å²) >= 11 is 0. The van der Waals surface area contributed by atoms with Crippen LogP contribution in [0.25, 0.3) is 0 Å². The average molecular weight is 272 g/mol. The molecule has 0 aliphatic heterocycles. The molecule has 0 aromatic heterocycles. The van der Waals surface area contributed by atoms with Crippen LogP contribution in [0.15, 0.2) is 18.2 Å². The molecule has 0 radical (unpaired) electrons. The van der Waals surface area contributed by atoms with E-state index in [0.29, 0.717) is 13.2 Å². The maximum Gasteiger partial charge on any atom is 0.200 e. The van der Waals surface area contributed by atoms with Crippen molar-refractivity contribution in [2.45, 2.75) is 39.0 Å². The SMILES string of the molecule is CCCCCOCCCCOc1cccc(F)c1F. The Labute approximate surface area is 113 Å². The van der Waals surface area contributed by atoms with Crippen LogP contribution in [0.1, 0.15) is 39.0 Å². The maximum atomic E-state index is 13.2. The molecule has 0 atom stereocenters. The van der Waals surface area contributed by atoms with Crippen molar-refractivity contribution in [1.82, 2.24) is 0 Å². The van der Waals surface area contributed by atoms with Gasteiger partial charge in [0.25, 0.3) is 0 Å². The highest BCUT2D eigenvalue weighted by atomic mass is 19.2. The van der Waals surface area contributed by atoms with Crippen molar-refractivity contribution < 1.29 is 18.3 Å². The number of unbranched alkanes of at least 4 members (excludes halogenated alkanes) is 3. The maximum absolute atomic E-state index is 13.2. The molecular formula is C15H22F2O2. The fraction of sp³-hybridized carbons (Fsp3) is 0.600. The first kappa shape index (κ1) is 15.9. The Bertz CT molecular complexity index is 356. The molecule has 0 heterocycles. The van der Waals surface area contributed by atoms with Gasteiger partial charge in [-0.2, -0.15) is 4.39 Å². The Morgan fingerprint density at radius 1 is 0.947 bits per heavy atom. The first-order valence-electron chi connectivity index (χ1n) is 6.90. The van der Waals surface area contributed by atoms with Crippen LogP contribution in [-0.2, 0) is 4.74 Å². The van der Waals surface area contributed by atoms with E-state index in [0.717, 1.165) is 31.9 Å². The highest BCUT2D eigenvalue weighted by molar-refractivity contribution is 5.24. The van der Waals surface area contributed by atoms with E-state index >= 15 is 0 Å². The molecule has 0 aliphatic rings. The Kier molecular flexibility index (Phi) is 8.14. The second-order valence-electron chi connectivity index (χ2n) is 4.43. The molecule has 0 aliphatic carbocycles. The molecule has 19 heavy (non-hydrogen) atoms. The van der Waals surface area contributed by atoms with Gasteiger partial charge < -0.3 is 9.47 Å². The van der Waals surface area contributed by atoms with Crippen molar-refractivity contribution in [2.24, 2.45) is 0 Å². The third-order valence-electron chi connectivity index (χ3n) is 2.75. The lowest BCUT2D eigenvalue weighted by Gasteiger charge is -2.07. The Morgan fingerprint density at radius 3 is 2.37 bits per heavy atom. The van der Waals surface area contributed by atoms with Gasteiger partial charge in [-0.1, -0.05) is 25.8 Å². The number of rotatable bonds is 10. The van der Waals surface area contributed by atoms with Gasteiger partial charge in [-0.3, -0.25) is 0 Å². The predicted octanol–water partition coefficient (Wildman–Crippen LogP) is 4.33. The monoisotopic (exact) mass is 272 g/mol. The van der Waals surface area contributed by atoms with Gasteiger partial charge in [-0.25, -0.2) is 4.39 Å². The van der Waals surface area contributed by atoms with Gasteiger partial charge in [-0.15, -0.1) is 0 Å². The second-order valence-corrected chi connectivity index (χ2v) is 4.43. The van der Waals surface area contributed by atoms with Crippen molar-refractivity contribution in [1.29, 1.82) is 0 Å². The summed E-state index contributed by atoms with van der Waals surface area (Å²) in [6.07, 6.45) is 5.12. The predicted molar refractivity (Wildman–Crippen MR) is 71.4 cm³/mol. The Hall–Kier alpha value is -1.16. The smallest absolute Gasteiger partial charge is 0.200 e. The quantitative estimate of drug-likeness (QED) is 0.590. The largest absolute Gasteiger partial charge is 0.490 e. The zero-order chi connectivity index (χ0) is 13.9. The molecule has 0 saturated carbocycles. The molecule has 0 spiro atoms. The zero-order valence-electron chi connectivity index (χ0n) is 11.5. The molecule has 0 N–H and O–H groups in total. The minimum absolute atomic E-state index is 0.0242. The molecule has 0 bridgehead atoms. The van der Waals surface area contributed by atoms with E-state index in [9.17, 15) is 8.78 Å². The normalized spacial score (nSPS) is 10.7. The molecule has 2 nitrogen and oxygen atoms in total. The van der Waals surface area contributed by atoms with E-state index in [1.807, 2.05) is 0 Å². The van der Waals surface area contributed by atoms with Crippen LogP contribution in [0.2, 0.25) is 0 Å². The molecule has 4 heteroatoms. The minimum atomic E-state index is -0.918. The van der Waals surface area contributed by atoms with Crippen LogP contribution in [0.3, 0.4) is 0 Å². The van der Waals surface area contributed by atoms with Crippen LogP contribution in [0.5, 0.6) is 5.75 Å². The molecule has 1 rings (SSSR count). The summed E-state index contributed by atoms with van der Waals surface area (Å²) in [7, 11) is 0. The number of hydrogen-bond donors (Lipinski definition) is 0. The van der Waals surface area contributed by atoms with Crippen LogP contribution in [0, 0.1) is 11.6 Å². The van der Waals surface area contributed by atoms with Gasteiger partial charge in [0.15, 0.2) is 11.6 Å². The van der Waals surface area contributed by atoms with Crippen molar-refractivity contribution in [3.63, 3.8) is 0 Å². The van der Waals surface area contributed by atoms with E-state index in [-0.39, 0.29) is 5.75 Å². The van der Waals surface area contributed by atoms with Crippen molar-refractivity contribution >= 4 is 0 Å². The molecule has 0 fully saturated rings. The van der Waals surface area contributed by atoms with Crippen LogP contribution in [-0.4, -0.2) is 19.8 Å². The highest BCUT2D eigenvalue weighted by Crippen LogP contribution is 2.19. The summed E-state index contributed by atoms with van der Waals surface area (Å²) in [6, 6.07) is 3.94.